The SMILES string of the molecule is Cn1cc(-c2cc3ncnc(N)c3cc2OC2CCNCC2)cn1. The van der Waals surface area contributed by atoms with Gasteiger partial charge in [-0.05, 0) is 38.1 Å². The lowest BCUT2D eigenvalue weighted by Crippen LogP contribution is -2.34. The predicted molar refractivity (Wildman–Crippen MR) is 92.7 cm³/mol. The summed E-state index contributed by atoms with van der Waals surface area (Å²) in [5.41, 5.74) is 8.80. The highest BCUT2D eigenvalue weighted by molar-refractivity contribution is 5.93. The average molecular weight is 324 g/mol. The largest absolute Gasteiger partial charge is 0.490 e. The van der Waals surface area contributed by atoms with Gasteiger partial charge in [-0.2, -0.15) is 5.10 Å². The quantitative estimate of drug-likeness (QED) is 0.762. The predicted octanol–water partition coefficient (Wildman–Crippen LogP) is 1.74. The van der Waals surface area contributed by atoms with E-state index in [0.29, 0.717) is 5.82 Å². The van der Waals surface area contributed by atoms with Crippen LogP contribution < -0.4 is 15.8 Å². The van der Waals surface area contributed by atoms with Gasteiger partial charge < -0.3 is 15.8 Å². The zero-order valence-electron chi connectivity index (χ0n) is 13.6. The molecule has 2 aromatic heterocycles. The number of aromatic nitrogens is 4. The molecule has 1 aliphatic rings. The van der Waals surface area contributed by atoms with E-state index >= 15 is 0 Å². The van der Waals surface area contributed by atoms with Crippen molar-refractivity contribution in [2.24, 2.45) is 7.05 Å². The minimum absolute atomic E-state index is 0.199. The number of aryl methyl sites for hydroxylation is 1. The van der Waals surface area contributed by atoms with Gasteiger partial charge in [-0.3, -0.25) is 4.68 Å². The van der Waals surface area contributed by atoms with Gasteiger partial charge in [0.25, 0.3) is 0 Å². The first-order valence-corrected chi connectivity index (χ1v) is 8.11. The van der Waals surface area contributed by atoms with Gasteiger partial charge in [-0.25, -0.2) is 9.97 Å². The highest BCUT2D eigenvalue weighted by Gasteiger charge is 2.19. The molecule has 0 bridgehead atoms. The second-order valence-corrected chi connectivity index (χ2v) is 6.09. The molecule has 0 atom stereocenters. The van der Waals surface area contributed by atoms with Gasteiger partial charge in [0.15, 0.2) is 0 Å². The van der Waals surface area contributed by atoms with Crippen molar-refractivity contribution in [1.82, 2.24) is 25.1 Å². The van der Waals surface area contributed by atoms with E-state index in [9.17, 15) is 0 Å². The molecule has 0 radical (unpaired) electrons. The molecule has 3 aromatic rings. The van der Waals surface area contributed by atoms with Crippen LogP contribution in [-0.4, -0.2) is 38.9 Å². The van der Waals surface area contributed by atoms with E-state index < -0.39 is 0 Å². The molecular formula is C17H20N6O. The van der Waals surface area contributed by atoms with Crippen molar-refractivity contribution in [2.45, 2.75) is 18.9 Å². The lowest BCUT2D eigenvalue weighted by Gasteiger charge is -2.25. The molecule has 7 nitrogen and oxygen atoms in total. The second-order valence-electron chi connectivity index (χ2n) is 6.09. The molecule has 0 aliphatic carbocycles. The molecule has 24 heavy (non-hydrogen) atoms. The van der Waals surface area contributed by atoms with Gasteiger partial charge >= 0.3 is 0 Å². The molecule has 3 heterocycles. The van der Waals surface area contributed by atoms with Crippen LogP contribution >= 0.6 is 0 Å². The first kappa shape index (κ1) is 14.9. The van der Waals surface area contributed by atoms with Crippen molar-refractivity contribution in [3.8, 4) is 16.9 Å². The zero-order valence-corrected chi connectivity index (χ0v) is 13.6. The second kappa shape index (κ2) is 6.09. The third-order valence-electron chi connectivity index (χ3n) is 4.36. The molecule has 0 amide bonds. The minimum Gasteiger partial charge on any atom is -0.490 e. The summed E-state index contributed by atoms with van der Waals surface area (Å²) in [6.45, 7) is 1.96. The van der Waals surface area contributed by atoms with Gasteiger partial charge in [-0.15, -0.1) is 0 Å². The summed E-state index contributed by atoms with van der Waals surface area (Å²) >= 11 is 0. The molecule has 7 heteroatoms. The number of rotatable bonds is 3. The molecule has 1 aromatic carbocycles. The molecule has 1 aliphatic heterocycles. The van der Waals surface area contributed by atoms with Crippen LogP contribution in [0.15, 0.2) is 30.9 Å². The number of fused-ring (bicyclic) bond motifs is 1. The Kier molecular flexibility index (Phi) is 3.78. The Morgan fingerprint density at radius 2 is 2.08 bits per heavy atom. The third kappa shape index (κ3) is 2.78. The first-order valence-electron chi connectivity index (χ1n) is 8.11. The topological polar surface area (TPSA) is 90.9 Å². The summed E-state index contributed by atoms with van der Waals surface area (Å²) in [7, 11) is 1.90. The van der Waals surface area contributed by atoms with Gasteiger partial charge in [0.2, 0.25) is 0 Å². The third-order valence-corrected chi connectivity index (χ3v) is 4.36. The molecule has 124 valence electrons. The van der Waals surface area contributed by atoms with E-state index in [1.54, 1.807) is 4.68 Å². The van der Waals surface area contributed by atoms with Crippen LogP contribution in [0.5, 0.6) is 5.75 Å². The van der Waals surface area contributed by atoms with Gasteiger partial charge in [-0.1, -0.05) is 0 Å². The Morgan fingerprint density at radius 3 is 2.83 bits per heavy atom. The Hall–Kier alpha value is -2.67. The van der Waals surface area contributed by atoms with E-state index in [4.69, 9.17) is 10.5 Å². The number of piperidine rings is 1. The maximum absolute atomic E-state index is 6.33. The number of anilines is 1. The van der Waals surface area contributed by atoms with Crippen LogP contribution in [-0.2, 0) is 7.05 Å². The fourth-order valence-corrected chi connectivity index (χ4v) is 3.08. The lowest BCUT2D eigenvalue weighted by molar-refractivity contribution is 0.163. The van der Waals surface area contributed by atoms with E-state index in [2.05, 4.69) is 20.4 Å². The Morgan fingerprint density at radius 1 is 1.25 bits per heavy atom. The van der Waals surface area contributed by atoms with Crippen LogP contribution in [0, 0.1) is 0 Å². The number of benzene rings is 1. The van der Waals surface area contributed by atoms with E-state index in [1.807, 2.05) is 31.6 Å². The summed E-state index contributed by atoms with van der Waals surface area (Å²) < 4.78 is 8.11. The van der Waals surface area contributed by atoms with Crippen LogP contribution in [0.3, 0.4) is 0 Å². The lowest BCUT2D eigenvalue weighted by atomic mass is 10.0. The number of nitrogens with one attached hydrogen (secondary N) is 1. The summed E-state index contributed by atoms with van der Waals surface area (Å²) in [5, 5.41) is 8.44. The Labute approximate surface area is 139 Å². The van der Waals surface area contributed by atoms with Crippen molar-refractivity contribution >= 4 is 16.7 Å². The smallest absolute Gasteiger partial charge is 0.134 e. The van der Waals surface area contributed by atoms with E-state index in [0.717, 1.165) is 53.7 Å². The number of nitrogen functional groups attached to an aromatic ring is 1. The molecular weight excluding hydrogens is 304 g/mol. The van der Waals surface area contributed by atoms with Crippen molar-refractivity contribution in [3.63, 3.8) is 0 Å². The van der Waals surface area contributed by atoms with Gasteiger partial charge in [0, 0.05) is 29.8 Å². The maximum Gasteiger partial charge on any atom is 0.134 e. The summed E-state index contributed by atoms with van der Waals surface area (Å²) in [6.07, 6.45) is 7.47. The molecule has 1 fully saturated rings. The van der Waals surface area contributed by atoms with Gasteiger partial charge in [0.1, 0.15) is 24.0 Å². The maximum atomic E-state index is 6.33. The molecule has 0 saturated carbocycles. The monoisotopic (exact) mass is 324 g/mol. The summed E-state index contributed by atoms with van der Waals surface area (Å²) in [5.74, 6) is 1.27. The first-order chi connectivity index (χ1) is 11.7. The van der Waals surface area contributed by atoms with Crippen LogP contribution in [0.2, 0.25) is 0 Å². The minimum atomic E-state index is 0.199. The number of nitrogens with zero attached hydrogens (tertiary/aromatic N) is 4. The zero-order chi connectivity index (χ0) is 16.5. The highest BCUT2D eigenvalue weighted by Crippen LogP contribution is 2.36. The molecule has 0 spiro atoms. The van der Waals surface area contributed by atoms with Crippen molar-refractivity contribution in [2.75, 3.05) is 18.8 Å². The number of nitrogens with two attached hydrogens (primary N) is 1. The molecule has 1 saturated heterocycles. The van der Waals surface area contributed by atoms with Gasteiger partial charge in [0.05, 0.1) is 11.7 Å². The molecule has 0 unspecified atom stereocenters. The number of hydrogen-bond donors (Lipinski definition) is 2. The summed E-state index contributed by atoms with van der Waals surface area (Å²) in [6, 6.07) is 3.95. The molecule has 3 N–H and O–H groups in total. The fraction of sp³-hybridized carbons (Fsp3) is 0.353. The Bertz CT molecular complexity index is 869. The fourth-order valence-electron chi connectivity index (χ4n) is 3.08. The van der Waals surface area contributed by atoms with Crippen LogP contribution in [0.4, 0.5) is 5.82 Å². The van der Waals surface area contributed by atoms with Crippen LogP contribution in [0.1, 0.15) is 12.8 Å². The highest BCUT2D eigenvalue weighted by atomic mass is 16.5. The van der Waals surface area contributed by atoms with Crippen LogP contribution in [0.25, 0.3) is 22.0 Å². The van der Waals surface area contributed by atoms with Crippen molar-refractivity contribution < 1.29 is 4.74 Å². The standard InChI is InChI=1S/C17H20N6O/c1-23-9-11(8-22-23)13-6-15-14(17(18)21-10-20-15)7-16(13)24-12-2-4-19-5-3-12/h6-10,12,19H,2-5H2,1H3,(H2,18,20,21). The number of ether oxygens (including phenoxy) is 1. The normalized spacial score (nSPS) is 15.7. The van der Waals surface area contributed by atoms with E-state index in [1.165, 1.54) is 6.33 Å². The molecule has 4 rings (SSSR count). The van der Waals surface area contributed by atoms with E-state index in [-0.39, 0.29) is 6.10 Å². The number of hydrogen-bond acceptors (Lipinski definition) is 6. The Balaban J connectivity index is 1.82. The van der Waals surface area contributed by atoms with Crippen molar-refractivity contribution in [1.29, 1.82) is 0 Å². The van der Waals surface area contributed by atoms with Crippen molar-refractivity contribution in [3.05, 3.63) is 30.9 Å². The average Bonchev–Trinajstić information content (AvgIpc) is 3.02. The summed E-state index contributed by atoms with van der Waals surface area (Å²) in [4.78, 5) is 8.43.